The minimum atomic E-state index is -1.43. The highest BCUT2D eigenvalue weighted by molar-refractivity contribution is 5.92. The molecule has 1 aromatic heterocycles. The first kappa shape index (κ1) is 32.1. The van der Waals surface area contributed by atoms with Crippen LogP contribution in [0.1, 0.15) is 70.4 Å². The van der Waals surface area contributed by atoms with Gasteiger partial charge in [0, 0.05) is 36.3 Å². The molecule has 0 bridgehead atoms. The number of ether oxygens (including phenoxy) is 2. The van der Waals surface area contributed by atoms with E-state index in [1.807, 2.05) is 4.90 Å². The zero-order valence-corrected chi connectivity index (χ0v) is 25.6. The lowest BCUT2D eigenvalue weighted by Gasteiger charge is -2.41. The fraction of sp³-hybridized carbons (Fsp3) is 0.455. The van der Waals surface area contributed by atoms with E-state index >= 15 is 8.78 Å². The summed E-state index contributed by atoms with van der Waals surface area (Å²) in [5.74, 6) is -4.33. The molecule has 43 heavy (non-hydrogen) atoms. The van der Waals surface area contributed by atoms with Crippen LogP contribution in [0.4, 0.5) is 24.7 Å². The number of anilines is 2. The van der Waals surface area contributed by atoms with Crippen molar-refractivity contribution in [2.45, 2.75) is 72.5 Å². The van der Waals surface area contributed by atoms with Gasteiger partial charge in [-0.1, -0.05) is 26.0 Å². The molecule has 0 amide bonds. The standard InChI is InChI=1S/C33H40F3N3O4/c1-19-24(29(31(40)41)43-32(2,3)4)28(39-16-14-33(5,6)15-17-39)25(30(37)38-19)22-11-12-23(27(36)26(22)35)42-18-13-20-7-9-21(34)10-8-20/h7-12,29H,13-18H2,1-6H3,(H2,37,38)(H,40,41). The average Bonchev–Trinajstić information content (AvgIpc) is 2.91. The van der Waals surface area contributed by atoms with Crippen molar-refractivity contribution < 1.29 is 32.5 Å². The number of aromatic nitrogens is 1. The highest BCUT2D eigenvalue weighted by atomic mass is 19.2. The Hall–Kier alpha value is -3.79. The molecule has 1 saturated heterocycles. The molecule has 1 fully saturated rings. The summed E-state index contributed by atoms with van der Waals surface area (Å²) < 4.78 is 56.1. The lowest BCUT2D eigenvalue weighted by atomic mass is 9.82. The number of carboxylic acid groups (broad SMARTS) is 1. The number of hydrogen-bond donors (Lipinski definition) is 2. The highest BCUT2D eigenvalue weighted by Gasteiger charge is 2.37. The summed E-state index contributed by atoms with van der Waals surface area (Å²) in [5.41, 5.74) is 7.35. The van der Waals surface area contributed by atoms with Gasteiger partial charge in [0.1, 0.15) is 11.6 Å². The number of pyridine rings is 1. The Kier molecular flexibility index (Phi) is 9.30. The van der Waals surface area contributed by atoms with Gasteiger partial charge in [-0.15, -0.1) is 0 Å². The van der Waals surface area contributed by atoms with Crippen molar-refractivity contribution in [1.29, 1.82) is 0 Å². The van der Waals surface area contributed by atoms with Crippen LogP contribution in [0.25, 0.3) is 11.1 Å². The Bertz CT molecular complexity index is 1480. The molecule has 3 aromatic rings. The van der Waals surface area contributed by atoms with Gasteiger partial charge in [-0.25, -0.2) is 18.6 Å². The Morgan fingerprint density at radius 2 is 1.70 bits per heavy atom. The van der Waals surface area contributed by atoms with E-state index < -0.39 is 29.3 Å². The minimum absolute atomic E-state index is 0.0406. The van der Waals surface area contributed by atoms with E-state index in [1.54, 1.807) is 39.8 Å². The summed E-state index contributed by atoms with van der Waals surface area (Å²) in [6.45, 7) is 12.3. The van der Waals surface area contributed by atoms with E-state index in [9.17, 15) is 14.3 Å². The number of nitrogens with zero attached hydrogens (tertiary/aromatic N) is 2. The number of rotatable bonds is 9. The van der Waals surface area contributed by atoms with Crippen LogP contribution < -0.4 is 15.4 Å². The van der Waals surface area contributed by atoms with Crippen molar-refractivity contribution in [3.8, 4) is 16.9 Å². The van der Waals surface area contributed by atoms with Crippen LogP contribution in [-0.4, -0.2) is 41.4 Å². The molecule has 0 spiro atoms. The summed E-state index contributed by atoms with van der Waals surface area (Å²) >= 11 is 0. The maximum atomic E-state index is 15.9. The van der Waals surface area contributed by atoms with Crippen LogP contribution in [0.3, 0.4) is 0 Å². The van der Waals surface area contributed by atoms with Crippen molar-refractivity contribution >= 4 is 17.5 Å². The number of nitrogens with two attached hydrogens (primary N) is 1. The van der Waals surface area contributed by atoms with Crippen LogP contribution in [0.5, 0.6) is 5.75 Å². The van der Waals surface area contributed by atoms with Gasteiger partial charge in [0.2, 0.25) is 5.82 Å². The van der Waals surface area contributed by atoms with Gasteiger partial charge in [0.25, 0.3) is 0 Å². The number of carbonyl (C=O) groups is 1. The fourth-order valence-corrected chi connectivity index (χ4v) is 5.32. The van der Waals surface area contributed by atoms with Crippen LogP contribution in [0, 0.1) is 29.8 Å². The Balaban J connectivity index is 1.81. The highest BCUT2D eigenvalue weighted by Crippen LogP contribution is 2.47. The molecule has 232 valence electrons. The second-order valence-electron chi connectivity index (χ2n) is 12.8. The van der Waals surface area contributed by atoms with Crippen molar-refractivity contribution in [3.63, 3.8) is 0 Å². The van der Waals surface area contributed by atoms with Crippen LogP contribution in [0.15, 0.2) is 36.4 Å². The van der Waals surface area contributed by atoms with Crippen molar-refractivity contribution in [2.24, 2.45) is 5.41 Å². The maximum absolute atomic E-state index is 15.9. The molecule has 1 aliphatic heterocycles. The number of benzene rings is 2. The predicted octanol–water partition coefficient (Wildman–Crippen LogP) is 7.25. The first-order valence-electron chi connectivity index (χ1n) is 14.4. The molecule has 1 aliphatic rings. The third-order valence-electron chi connectivity index (χ3n) is 7.69. The SMILES string of the molecule is Cc1nc(N)c(-c2ccc(OCCc3ccc(F)cc3)c(F)c2F)c(N2CCC(C)(C)CC2)c1C(OC(C)(C)C)C(=O)O. The third-order valence-corrected chi connectivity index (χ3v) is 7.69. The first-order chi connectivity index (χ1) is 20.1. The zero-order chi connectivity index (χ0) is 31.7. The fourth-order valence-electron chi connectivity index (χ4n) is 5.32. The maximum Gasteiger partial charge on any atom is 0.337 e. The number of carboxylic acids is 1. The summed E-state index contributed by atoms with van der Waals surface area (Å²) in [6, 6.07) is 8.53. The van der Waals surface area contributed by atoms with Crippen LogP contribution in [-0.2, 0) is 16.0 Å². The van der Waals surface area contributed by atoms with E-state index in [4.69, 9.17) is 15.2 Å². The molecule has 1 unspecified atom stereocenters. The molecule has 0 aliphatic carbocycles. The van der Waals surface area contributed by atoms with Gasteiger partial charge in [0.05, 0.1) is 23.5 Å². The Labute approximate surface area is 250 Å². The van der Waals surface area contributed by atoms with E-state index in [2.05, 4.69) is 18.8 Å². The summed E-state index contributed by atoms with van der Waals surface area (Å²) in [6.07, 6.45) is 0.519. The van der Waals surface area contributed by atoms with E-state index in [-0.39, 0.29) is 46.1 Å². The number of aryl methyl sites for hydroxylation is 1. The molecule has 0 radical (unpaired) electrons. The average molecular weight is 600 g/mol. The number of halogens is 3. The predicted molar refractivity (Wildman–Crippen MR) is 161 cm³/mol. The largest absolute Gasteiger partial charge is 0.490 e. The molecule has 2 aromatic carbocycles. The third kappa shape index (κ3) is 7.41. The van der Waals surface area contributed by atoms with E-state index in [1.165, 1.54) is 24.3 Å². The summed E-state index contributed by atoms with van der Waals surface area (Å²) in [7, 11) is 0. The van der Waals surface area contributed by atoms with Gasteiger partial charge in [-0.05, 0) is 75.8 Å². The second-order valence-corrected chi connectivity index (χ2v) is 12.8. The van der Waals surface area contributed by atoms with Gasteiger partial charge < -0.3 is 25.2 Å². The molecule has 1 atom stereocenters. The minimum Gasteiger partial charge on any atom is -0.490 e. The molecule has 0 saturated carbocycles. The monoisotopic (exact) mass is 599 g/mol. The molecule has 3 N–H and O–H groups in total. The van der Waals surface area contributed by atoms with E-state index in [0.29, 0.717) is 30.9 Å². The molecular formula is C33H40F3N3O4. The molecule has 7 nitrogen and oxygen atoms in total. The molecule has 2 heterocycles. The van der Waals surface area contributed by atoms with Crippen LogP contribution in [0.2, 0.25) is 0 Å². The summed E-state index contributed by atoms with van der Waals surface area (Å²) in [5, 5.41) is 10.3. The molecule has 4 rings (SSSR count). The lowest BCUT2D eigenvalue weighted by molar-refractivity contribution is -0.160. The quantitative estimate of drug-likeness (QED) is 0.267. The van der Waals surface area contributed by atoms with Gasteiger partial charge in [-0.3, -0.25) is 0 Å². The van der Waals surface area contributed by atoms with Crippen molar-refractivity contribution in [1.82, 2.24) is 4.98 Å². The smallest absolute Gasteiger partial charge is 0.337 e. The number of aliphatic carboxylic acids is 1. The van der Waals surface area contributed by atoms with Gasteiger partial charge in [0.15, 0.2) is 17.7 Å². The van der Waals surface area contributed by atoms with Gasteiger partial charge in [-0.2, -0.15) is 4.39 Å². The van der Waals surface area contributed by atoms with Crippen molar-refractivity contribution in [3.05, 3.63) is 70.7 Å². The van der Waals surface area contributed by atoms with Crippen LogP contribution >= 0.6 is 0 Å². The van der Waals surface area contributed by atoms with Gasteiger partial charge >= 0.3 is 5.97 Å². The zero-order valence-electron chi connectivity index (χ0n) is 25.6. The number of nitrogen functional groups attached to an aromatic ring is 1. The first-order valence-corrected chi connectivity index (χ1v) is 14.4. The Morgan fingerprint density at radius 3 is 2.28 bits per heavy atom. The Morgan fingerprint density at radius 1 is 1.07 bits per heavy atom. The number of hydrogen-bond acceptors (Lipinski definition) is 6. The molecule has 10 heteroatoms. The topological polar surface area (TPSA) is 97.9 Å². The second kappa shape index (κ2) is 12.4. The number of piperidine rings is 1. The normalized spacial score (nSPS) is 15.8. The van der Waals surface area contributed by atoms with Crippen molar-refractivity contribution in [2.75, 3.05) is 30.3 Å². The molecular weight excluding hydrogens is 559 g/mol. The summed E-state index contributed by atoms with van der Waals surface area (Å²) in [4.78, 5) is 19.0. The lowest BCUT2D eigenvalue weighted by Crippen LogP contribution is -2.39. The van der Waals surface area contributed by atoms with E-state index in [0.717, 1.165) is 18.4 Å².